The van der Waals surface area contributed by atoms with E-state index in [0.717, 1.165) is 0 Å². The molecule has 0 saturated heterocycles. The van der Waals surface area contributed by atoms with Gasteiger partial charge in [-0.3, -0.25) is 4.79 Å². The largest absolute Gasteiger partial charge is 0.484 e. The third-order valence-corrected chi connectivity index (χ3v) is 2.14. The Labute approximate surface area is 122 Å². The average Bonchev–Trinajstić information content (AvgIpc) is 2.41. The fourth-order valence-electron chi connectivity index (χ4n) is 1.07. The van der Waals surface area contributed by atoms with Gasteiger partial charge in [-0.25, -0.2) is 4.79 Å². The molecular weight excluding hydrogens is 312 g/mol. The van der Waals surface area contributed by atoms with Gasteiger partial charge in [0.15, 0.2) is 12.4 Å². The minimum atomic E-state index is -4.18. The van der Waals surface area contributed by atoms with E-state index in [2.05, 4.69) is 21.6 Å². The molecule has 4 N–H and O–H groups in total. The van der Waals surface area contributed by atoms with E-state index >= 15 is 0 Å². The molecule has 1 amide bonds. The Morgan fingerprint density at radius 3 is 2.29 bits per heavy atom. The average molecular weight is 322 g/mol. The Hall–Kier alpha value is -2.42. The summed E-state index contributed by atoms with van der Waals surface area (Å²) < 4.78 is 29.6. The van der Waals surface area contributed by atoms with Crippen molar-refractivity contribution in [3.8, 4) is 5.75 Å². The van der Waals surface area contributed by atoms with Gasteiger partial charge in [-0.2, -0.15) is 8.78 Å². The Morgan fingerprint density at radius 1 is 1.24 bits per heavy atom. The van der Waals surface area contributed by atoms with Crippen molar-refractivity contribution in [2.45, 2.75) is 5.38 Å². The summed E-state index contributed by atoms with van der Waals surface area (Å²) in [6.45, 7) is -0.300. The highest BCUT2D eigenvalue weighted by Crippen LogP contribution is 2.20. The number of carbonyl (C=O) groups is 2. The summed E-state index contributed by atoms with van der Waals surface area (Å²) in [5, 5.41) is -1.15. The zero-order valence-corrected chi connectivity index (χ0v) is 11.1. The van der Waals surface area contributed by atoms with Gasteiger partial charge in [0, 0.05) is 5.56 Å². The molecule has 1 aromatic rings. The lowest BCUT2D eigenvalue weighted by atomic mass is 10.2. The number of amides is 1. The molecule has 0 unspecified atom stereocenters. The topological polar surface area (TPSA) is 117 Å². The number of primary amides is 1. The molecule has 0 radical (unpaired) electrons. The molecule has 0 aliphatic heterocycles. The molecule has 0 atom stereocenters. The minimum Gasteiger partial charge on any atom is -0.484 e. The lowest BCUT2D eigenvalue weighted by molar-refractivity contribution is -0.161. The van der Waals surface area contributed by atoms with Crippen LogP contribution < -0.4 is 16.2 Å². The van der Waals surface area contributed by atoms with E-state index in [9.17, 15) is 18.4 Å². The first-order valence-corrected chi connectivity index (χ1v) is 5.71. The second-order valence-electron chi connectivity index (χ2n) is 3.63. The van der Waals surface area contributed by atoms with E-state index < -0.39 is 17.3 Å². The van der Waals surface area contributed by atoms with Crippen LogP contribution in [0, 0.1) is 0 Å². The van der Waals surface area contributed by atoms with Gasteiger partial charge in [0.25, 0.3) is 5.91 Å². The molecule has 7 nitrogen and oxygen atoms in total. The number of benzene rings is 1. The molecule has 114 valence electrons. The fraction of sp³-hybridized carbons (Fsp3) is 0.182. The van der Waals surface area contributed by atoms with Crippen molar-refractivity contribution >= 4 is 29.3 Å². The van der Waals surface area contributed by atoms with Gasteiger partial charge in [0.05, 0.1) is 0 Å². The predicted octanol–water partition coefficient (Wildman–Crippen LogP) is 0.546. The van der Waals surface area contributed by atoms with Crippen LogP contribution in [0.5, 0.6) is 5.75 Å². The highest BCUT2D eigenvalue weighted by molar-refractivity contribution is 6.31. The van der Waals surface area contributed by atoms with Crippen LogP contribution in [-0.2, 0) is 14.4 Å². The molecule has 0 fully saturated rings. The predicted molar refractivity (Wildman–Crippen MR) is 68.7 cm³/mol. The summed E-state index contributed by atoms with van der Waals surface area (Å²) in [6, 6.07) is 5.67. The maximum atomic E-state index is 12.3. The van der Waals surface area contributed by atoms with E-state index in [4.69, 9.17) is 16.2 Å². The van der Waals surface area contributed by atoms with Crippen molar-refractivity contribution in [1.82, 2.24) is 0 Å². The van der Waals surface area contributed by atoms with E-state index in [0.29, 0.717) is 5.75 Å². The molecule has 1 rings (SSSR count). The van der Waals surface area contributed by atoms with Gasteiger partial charge in [-0.1, -0.05) is 5.16 Å². The second-order valence-corrected chi connectivity index (χ2v) is 4.11. The first-order chi connectivity index (χ1) is 9.70. The van der Waals surface area contributed by atoms with Gasteiger partial charge in [-0.15, -0.1) is 0 Å². The zero-order chi connectivity index (χ0) is 16.0. The van der Waals surface area contributed by atoms with E-state index in [1.807, 2.05) is 0 Å². The van der Waals surface area contributed by atoms with E-state index in [-0.39, 0.29) is 18.0 Å². The number of amidine groups is 1. The molecule has 0 spiro atoms. The highest BCUT2D eigenvalue weighted by atomic mass is 35.5. The highest BCUT2D eigenvalue weighted by Gasteiger charge is 2.38. The van der Waals surface area contributed by atoms with Gasteiger partial charge in [-0.05, 0) is 35.9 Å². The van der Waals surface area contributed by atoms with Gasteiger partial charge in [0.1, 0.15) is 5.75 Å². The van der Waals surface area contributed by atoms with Crippen LogP contribution in [0.25, 0.3) is 0 Å². The fourth-order valence-corrected chi connectivity index (χ4v) is 1.11. The molecular formula is C11H10ClF2N3O4. The van der Waals surface area contributed by atoms with Crippen molar-refractivity contribution in [2.24, 2.45) is 16.6 Å². The number of hydrogen-bond donors (Lipinski definition) is 2. The molecule has 0 aliphatic rings. The third-order valence-electron chi connectivity index (χ3n) is 1.99. The Kier molecular flexibility index (Phi) is 5.42. The van der Waals surface area contributed by atoms with Crippen LogP contribution in [-0.4, -0.2) is 29.7 Å². The van der Waals surface area contributed by atoms with E-state index in [1.54, 1.807) is 0 Å². The van der Waals surface area contributed by atoms with Gasteiger partial charge in [0.2, 0.25) is 0 Å². The van der Waals surface area contributed by atoms with Crippen LogP contribution in [0.1, 0.15) is 5.56 Å². The van der Waals surface area contributed by atoms with Crippen LogP contribution in [0.4, 0.5) is 8.78 Å². The SMILES string of the molecule is NC(=O)COc1ccc(/C(N)=N/OC(=O)C(F)(F)Cl)cc1. The Morgan fingerprint density at radius 2 is 1.81 bits per heavy atom. The molecule has 0 saturated carbocycles. The summed E-state index contributed by atoms with van der Waals surface area (Å²) in [5.41, 5.74) is 10.6. The van der Waals surface area contributed by atoms with Gasteiger partial charge < -0.3 is 21.0 Å². The molecule has 0 bridgehead atoms. The number of halogens is 3. The molecule has 0 aromatic heterocycles. The van der Waals surface area contributed by atoms with Crippen molar-refractivity contribution in [2.75, 3.05) is 6.61 Å². The molecule has 0 heterocycles. The van der Waals surface area contributed by atoms with Crippen LogP contribution in [0.15, 0.2) is 29.4 Å². The number of rotatable bonds is 6. The normalized spacial score (nSPS) is 11.9. The first kappa shape index (κ1) is 16.6. The zero-order valence-electron chi connectivity index (χ0n) is 10.4. The summed E-state index contributed by atoms with van der Waals surface area (Å²) >= 11 is 4.42. The monoisotopic (exact) mass is 321 g/mol. The lowest BCUT2D eigenvalue weighted by Gasteiger charge is -2.06. The standard InChI is InChI=1S/C11H10ClF2N3O4/c12-11(13,14)10(19)21-17-9(16)6-1-3-7(4-2-6)20-5-8(15)18/h1-4H,5H2,(H2,15,18)(H2,16,17). The van der Waals surface area contributed by atoms with Crippen molar-refractivity contribution in [3.63, 3.8) is 0 Å². The number of oxime groups is 1. The Bertz CT molecular complexity index is 558. The second kappa shape index (κ2) is 6.84. The van der Waals surface area contributed by atoms with Crippen LogP contribution in [0.3, 0.4) is 0 Å². The smallest absolute Gasteiger partial charge is 0.420 e. The summed E-state index contributed by atoms with van der Waals surface area (Å²) in [7, 11) is 0. The third kappa shape index (κ3) is 5.61. The summed E-state index contributed by atoms with van der Waals surface area (Å²) in [6.07, 6.45) is 0. The number of nitrogens with zero attached hydrogens (tertiary/aromatic N) is 1. The molecule has 21 heavy (non-hydrogen) atoms. The summed E-state index contributed by atoms with van der Waals surface area (Å²) in [5.74, 6) is -2.69. The van der Waals surface area contributed by atoms with Crippen molar-refractivity contribution in [1.29, 1.82) is 0 Å². The number of ether oxygens (including phenoxy) is 1. The number of carbonyl (C=O) groups excluding carboxylic acids is 2. The van der Waals surface area contributed by atoms with Crippen LogP contribution in [0.2, 0.25) is 0 Å². The Balaban J connectivity index is 2.68. The first-order valence-electron chi connectivity index (χ1n) is 5.33. The molecule has 10 heteroatoms. The van der Waals surface area contributed by atoms with Gasteiger partial charge >= 0.3 is 11.4 Å². The maximum Gasteiger partial charge on any atom is 0.420 e. The minimum absolute atomic E-state index is 0.270. The maximum absolute atomic E-state index is 12.3. The summed E-state index contributed by atoms with van der Waals surface area (Å²) in [4.78, 5) is 25.1. The van der Waals surface area contributed by atoms with Crippen molar-refractivity contribution < 1.29 is 27.9 Å². The van der Waals surface area contributed by atoms with Crippen molar-refractivity contribution in [3.05, 3.63) is 29.8 Å². The number of alkyl halides is 3. The van der Waals surface area contributed by atoms with Crippen LogP contribution >= 0.6 is 11.6 Å². The molecule has 1 aromatic carbocycles. The number of nitrogens with two attached hydrogens (primary N) is 2. The van der Waals surface area contributed by atoms with E-state index in [1.165, 1.54) is 24.3 Å². The molecule has 0 aliphatic carbocycles. The lowest BCUT2D eigenvalue weighted by Crippen LogP contribution is -2.24. The quantitative estimate of drug-likeness (QED) is 0.261. The number of hydrogen-bond acceptors (Lipinski definition) is 5.